The average molecular weight is 1300 g/mol. The maximum atomic E-state index is 11.0. The van der Waals surface area contributed by atoms with Crippen molar-refractivity contribution in [3.05, 3.63) is 24.3 Å². The molecule has 0 aromatic heterocycles. The molecule has 2 unspecified atom stereocenters. The third kappa shape index (κ3) is 86.5. The first-order chi connectivity index (χ1) is 42.0. The van der Waals surface area contributed by atoms with Gasteiger partial charge in [-0.05, 0) is 38.5 Å². The van der Waals surface area contributed by atoms with Crippen LogP contribution in [0, 0.1) is 11.8 Å². The zero-order chi connectivity index (χ0) is 63.1. The van der Waals surface area contributed by atoms with E-state index in [0.717, 1.165) is 38.5 Å². The predicted molar refractivity (Wildman–Crippen MR) is 380 cm³/mol. The zero-order valence-corrected chi connectivity index (χ0v) is 62.8. The van der Waals surface area contributed by atoms with Gasteiger partial charge in [-0.15, -0.1) is 0 Å². The topological polar surface area (TPSA) is 133 Å². The van der Waals surface area contributed by atoms with Crippen molar-refractivity contribution in [2.75, 3.05) is 13.2 Å². The zero-order valence-electron chi connectivity index (χ0n) is 58.9. The molecule has 2 atom stereocenters. The fourth-order valence-corrected chi connectivity index (χ4v) is 12.9. The molecular weight excluding hydrogens is 1150 g/mol. The summed E-state index contributed by atoms with van der Waals surface area (Å²) in [6.07, 6.45) is 93.5. The Balaban J connectivity index is -0.00000160. The van der Waals surface area contributed by atoms with Gasteiger partial charge in [0.05, 0.1) is 13.2 Å². The summed E-state index contributed by atoms with van der Waals surface area (Å²) in [5, 5.41) is 0. The van der Waals surface area contributed by atoms with Crippen molar-refractivity contribution in [2.24, 2.45) is 11.8 Å². The Morgan fingerprint density at radius 3 is 0.563 bits per heavy atom. The molecule has 0 aliphatic carbocycles. The molecular formula is C76H150CaO8S2. The second kappa shape index (κ2) is 77.2. The van der Waals surface area contributed by atoms with Crippen LogP contribution in [0.4, 0.5) is 0 Å². The van der Waals surface area contributed by atoms with Crippen molar-refractivity contribution in [1.29, 1.82) is 0 Å². The van der Waals surface area contributed by atoms with Crippen LogP contribution in [-0.2, 0) is 29.2 Å². The van der Waals surface area contributed by atoms with Crippen LogP contribution in [0.3, 0.4) is 0 Å². The first-order valence-electron chi connectivity index (χ1n) is 38.5. The standard InChI is InChI=1S/2C38H76O4S.Ca/c2*1-3-5-7-9-11-13-15-17-19-21-23-25-27-29-31-33-35-38(37-42-43(39,40)41)36-34-32-30-28-26-24-22-20-18-16-14-12-10-8-6-4-2;/h2*33,35,38H,3-32,34,36-37H2,1-2H3,(H,39,40,41);/q;;+2/p-2/b2*35-33+;. The average Bonchev–Trinajstić information content (AvgIpc) is 3.56. The number of rotatable bonds is 72. The van der Waals surface area contributed by atoms with Crippen molar-refractivity contribution in [3.63, 3.8) is 0 Å². The largest absolute Gasteiger partial charge is 2.00 e. The monoisotopic (exact) mass is 1300 g/mol. The minimum atomic E-state index is -4.62. The maximum Gasteiger partial charge on any atom is 2.00 e. The van der Waals surface area contributed by atoms with Crippen LogP contribution in [0.2, 0.25) is 0 Å². The van der Waals surface area contributed by atoms with E-state index < -0.39 is 20.8 Å². The fraction of sp³-hybridized carbons (Fsp3) is 0.947. The molecule has 8 nitrogen and oxygen atoms in total. The van der Waals surface area contributed by atoms with Crippen LogP contribution in [0.15, 0.2) is 24.3 Å². The molecule has 0 bridgehead atoms. The SMILES string of the molecule is CCCCCCCCCCCCCCCC/C=C/C(CCCCCCCCCCCCCCCCCC)COS(=O)(=O)[O-].CCCCCCCCCCCCCCCC/C=C/C(CCCCCCCCCCCCCCCCCC)COS(=O)(=O)[O-].[Ca+2]. The molecule has 87 heavy (non-hydrogen) atoms. The van der Waals surface area contributed by atoms with Crippen molar-refractivity contribution in [2.45, 2.75) is 439 Å². The molecule has 0 fully saturated rings. The molecule has 0 radical (unpaired) electrons. The minimum Gasteiger partial charge on any atom is -0.726 e. The van der Waals surface area contributed by atoms with E-state index in [2.05, 4.69) is 60.4 Å². The molecule has 0 aliphatic rings. The van der Waals surface area contributed by atoms with Crippen molar-refractivity contribution >= 4 is 58.5 Å². The smallest absolute Gasteiger partial charge is 0.726 e. The Bertz CT molecular complexity index is 1440. The van der Waals surface area contributed by atoms with Gasteiger partial charge in [0.2, 0.25) is 20.8 Å². The molecule has 0 amide bonds. The van der Waals surface area contributed by atoms with Gasteiger partial charge in [0.1, 0.15) is 0 Å². The quantitative estimate of drug-likeness (QED) is 0.0193. The molecule has 0 aliphatic heterocycles. The third-order valence-corrected chi connectivity index (χ3v) is 18.8. The van der Waals surface area contributed by atoms with E-state index in [0.29, 0.717) is 0 Å². The summed E-state index contributed by atoms with van der Waals surface area (Å²) >= 11 is 0. The van der Waals surface area contributed by atoms with Crippen LogP contribution in [0.1, 0.15) is 439 Å². The van der Waals surface area contributed by atoms with E-state index in [4.69, 9.17) is 0 Å². The first-order valence-corrected chi connectivity index (χ1v) is 41.2. The van der Waals surface area contributed by atoms with Gasteiger partial charge in [-0.2, -0.15) is 0 Å². The Kier molecular flexibility index (Phi) is 81.3. The molecule has 0 heterocycles. The van der Waals surface area contributed by atoms with E-state index in [1.165, 1.54) is 372 Å². The van der Waals surface area contributed by atoms with Gasteiger partial charge in [0, 0.05) is 11.8 Å². The second-order valence-electron chi connectivity index (χ2n) is 26.7. The van der Waals surface area contributed by atoms with Crippen LogP contribution in [-0.4, -0.2) is 76.9 Å². The molecule has 0 aromatic carbocycles. The summed E-state index contributed by atoms with van der Waals surface area (Å²) in [5.74, 6) is 0.0315. The van der Waals surface area contributed by atoms with E-state index in [1.807, 2.05) is 0 Å². The van der Waals surface area contributed by atoms with E-state index in [-0.39, 0.29) is 62.8 Å². The third-order valence-electron chi connectivity index (χ3n) is 18.0. The maximum absolute atomic E-state index is 11.0. The van der Waals surface area contributed by atoms with Crippen LogP contribution in [0.5, 0.6) is 0 Å². The molecule has 0 saturated heterocycles. The Labute approximate surface area is 576 Å². The van der Waals surface area contributed by atoms with Gasteiger partial charge in [-0.3, -0.25) is 8.37 Å². The van der Waals surface area contributed by atoms with Gasteiger partial charge in [-0.1, -0.05) is 424 Å². The first kappa shape index (κ1) is 91.7. The molecule has 11 heteroatoms. The van der Waals surface area contributed by atoms with Crippen LogP contribution >= 0.6 is 0 Å². The van der Waals surface area contributed by atoms with Gasteiger partial charge >= 0.3 is 37.7 Å². The molecule has 0 N–H and O–H groups in total. The van der Waals surface area contributed by atoms with Crippen molar-refractivity contribution in [3.8, 4) is 0 Å². The summed E-state index contributed by atoms with van der Waals surface area (Å²) in [4.78, 5) is 0. The Morgan fingerprint density at radius 2 is 0.402 bits per heavy atom. The van der Waals surface area contributed by atoms with E-state index in [1.54, 1.807) is 0 Å². The number of hydrogen-bond donors (Lipinski definition) is 0. The predicted octanol–water partition coefficient (Wildman–Crippen LogP) is 25.9. The van der Waals surface area contributed by atoms with Gasteiger partial charge in [0.25, 0.3) is 0 Å². The minimum absolute atomic E-state index is 0. The summed E-state index contributed by atoms with van der Waals surface area (Å²) in [7, 11) is -9.25. The summed E-state index contributed by atoms with van der Waals surface area (Å²) in [6, 6.07) is 0. The fourth-order valence-electron chi connectivity index (χ4n) is 12.2. The van der Waals surface area contributed by atoms with Crippen molar-refractivity contribution < 1.29 is 34.3 Å². The molecule has 0 spiro atoms. The molecule has 0 saturated carbocycles. The molecule has 0 aromatic rings. The summed E-state index contributed by atoms with van der Waals surface area (Å²) in [5.41, 5.74) is 0. The Hall–Kier alpha value is 0.480. The number of unbranched alkanes of at least 4 members (excludes halogenated alkanes) is 58. The summed E-state index contributed by atoms with van der Waals surface area (Å²) < 4.78 is 75.1. The number of allylic oxidation sites excluding steroid dienone is 2. The van der Waals surface area contributed by atoms with E-state index in [9.17, 15) is 25.9 Å². The molecule has 516 valence electrons. The number of hydrogen-bond acceptors (Lipinski definition) is 8. The van der Waals surface area contributed by atoms with Crippen LogP contribution < -0.4 is 0 Å². The van der Waals surface area contributed by atoms with Crippen LogP contribution in [0.25, 0.3) is 0 Å². The van der Waals surface area contributed by atoms with E-state index >= 15 is 0 Å². The van der Waals surface area contributed by atoms with Gasteiger partial charge < -0.3 is 9.11 Å². The van der Waals surface area contributed by atoms with Gasteiger partial charge in [0.15, 0.2) is 0 Å². The summed E-state index contributed by atoms with van der Waals surface area (Å²) in [6.45, 7) is 9.08. The normalized spacial score (nSPS) is 12.8. The van der Waals surface area contributed by atoms with Gasteiger partial charge in [-0.25, -0.2) is 16.8 Å². The van der Waals surface area contributed by atoms with Crippen molar-refractivity contribution in [1.82, 2.24) is 0 Å². The second-order valence-corrected chi connectivity index (χ2v) is 28.8. The molecule has 0 rings (SSSR count). The Morgan fingerprint density at radius 1 is 0.253 bits per heavy atom.